The first kappa shape index (κ1) is 8.49. The molecule has 1 saturated heterocycles. The van der Waals surface area contributed by atoms with Gasteiger partial charge in [0, 0.05) is 14.2 Å². The summed E-state index contributed by atoms with van der Waals surface area (Å²) >= 11 is 0. The molecule has 1 aliphatic rings. The Labute approximate surface area is 65.8 Å². The Morgan fingerprint density at radius 1 is 1.82 bits per heavy atom. The van der Waals surface area contributed by atoms with Gasteiger partial charge in [-0.3, -0.25) is 4.79 Å². The lowest BCUT2D eigenvalue weighted by molar-refractivity contribution is -0.150. The van der Waals surface area contributed by atoms with Crippen molar-refractivity contribution in [2.75, 3.05) is 14.2 Å². The second kappa shape index (κ2) is 2.46. The van der Waals surface area contributed by atoms with Gasteiger partial charge in [0.1, 0.15) is 6.10 Å². The highest BCUT2D eigenvalue weighted by atomic mass is 16.5. The van der Waals surface area contributed by atoms with Crippen LogP contribution in [0.1, 0.15) is 13.3 Å². The summed E-state index contributed by atoms with van der Waals surface area (Å²) in [6.45, 7) is 1.58. The van der Waals surface area contributed by atoms with Crippen molar-refractivity contribution >= 4 is 5.91 Å². The highest BCUT2D eigenvalue weighted by molar-refractivity contribution is 5.79. The van der Waals surface area contributed by atoms with Gasteiger partial charge in [0.2, 0.25) is 5.91 Å². The van der Waals surface area contributed by atoms with Crippen LogP contribution in [-0.2, 0) is 9.53 Å². The molecule has 1 aliphatic heterocycles. The summed E-state index contributed by atoms with van der Waals surface area (Å²) in [5.41, 5.74) is -1.15. The van der Waals surface area contributed by atoms with Crippen LogP contribution >= 0.6 is 0 Å². The number of nitrogens with zero attached hydrogens (tertiary/aromatic N) is 1. The number of aliphatic hydroxyl groups is 1. The molecule has 0 bridgehead atoms. The number of rotatable bonds is 1. The van der Waals surface area contributed by atoms with Crippen LogP contribution in [0.25, 0.3) is 0 Å². The van der Waals surface area contributed by atoms with Crippen LogP contribution in [0.4, 0.5) is 0 Å². The molecule has 11 heavy (non-hydrogen) atoms. The average molecular weight is 159 g/mol. The molecule has 2 atom stereocenters. The van der Waals surface area contributed by atoms with Gasteiger partial charge in [-0.2, -0.15) is 0 Å². The molecule has 0 aromatic carbocycles. The predicted molar refractivity (Wildman–Crippen MR) is 38.8 cm³/mol. The van der Waals surface area contributed by atoms with E-state index in [2.05, 4.69) is 0 Å². The van der Waals surface area contributed by atoms with E-state index in [1.807, 2.05) is 0 Å². The summed E-state index contributed by atoms with van der Waals surface area (Å²) in [4.78, 5) is 12.4. The molecule has 0 radical (unpaired) electrons. The number of hydrogen-bond acceptors (Lipinski definition) is 3. The number of carbonyl (C=O) groups excluding carboxylic acids is 1. The molecule has 0 unspecified atom stereocenters. The van der Waals surface area contributed by atoms with Crippen molar-refractivity contribution in [3.8, 4) is 0 Å². The van der Waals surface area contributed by atoms with E-state index in [1.54, 1.807) is 14.0 Å². The summed E-state index contributed by atoms with van der Waals surface area (Å²) in [7, 11) is 3.06. The normalized spacial score (nSPS) is 38.4. The number of carbonyl (C=O) groups is 1. The zero-order valence-corrected chi connectivity index (χ0v) is 7.00. The molecular formula is C7H13NO3. The number of methoxy groups -OCH3 is 1. The third-order valence-electron chi connectivity index (χ3n) is 2.31. The van der Waals surface area contributed by atoms with E-state index in [-0.39, 0.29) is 12.3 Å². The van der Waals surface area contributed by atoms with Gasteiger partial charge in [0.05, 0.1) is 6.42 Å². The minimum absolute atomic E-state index is 0.0816. The van der Waals surface area contributed by atoms with Gasteiger partial charge in [-0.05, 0) is 6.92 Å². The number of hydrogen-bond donors (Lipinski definition) is 1. The summed E-state index contributed by atoms with van der Waals surface area (Å²) in [6, 6.07) is 0. The van der Waals surface area contributed by atoms with Gasteiger partial charge in [-0.25, -0.2) is 0 Å². The zero-order chi connectivity index (χ0) is 8.65. The monoisotopic (exact) mass is 159 g/mol. The van der Waals surface area contributed by atoms with Gasteiger partial charge in [0.25, 0.3) is 0 Å². The minimum Gasteiger partial charge on any atom is -0.376 e. The van der Waals surface area contributed by atoms with Crippen molar-refractivity contribution in [3.63, 3.8) is 0 Å². The maximum atomic E-state index is 11.0. The van der Waals surface area contributed by atoms with Crippen LogP contribution in [0.3, 0.4) is 0 Å². The van der Waals surface area contributed by atoms with Crippen molar-refractivity contribution in [2.45, 2.75) is 25.2 Å². The second-order valence-electron chi connectivity index (χ2n) is 2.98. The summed E-state index contributed by atoms with van der Waals surface area (Å²) in [5, 5.41) is 9.67. The van der Waals surface area contributed by atoms with E-state index >= 15 is 0 Å². The third-order valence-corrected chi connectivity index (χ3v) is 2.31. The fourth-order valence-corrected chi connectivity index (χ4v) is 1.26. The summed E-state index contributed by atoms with van der Waals surface area (Å²) in [6.07, 6.45) is -0.139. The Balaban J connectivity index is 2.82. The lowest BCUT2D eigenvalue weighted by atomic mass is 10.1. The molecule has 0 saturated carbocycles. The van der Waals surface area contributed by atoms with Gasteiger partial charge in [0.15, 0.2) is 5.72 Å². The molecule has 4 heteroatoms. The molecule has 0 aromatic rings. The van der Waals surface area contributed by atoms with Crippen molar-refractivity contribution in [2.24, 2.45) is 0 Å². The maximum Gasteiger partial charge on any atom is 0.227 e. The highest BCUT2D eigenvalue weighted by Gasteiger charge is 2.46. The standard InChI is InChI=1S/C7H13NO3/c1-7(10)5(11-3)4-6(9)8(7)2/h5,10H,4H2,1-3H3/t5-,7+/m0/s1. The van der Waals surface area contributed by atoms with E-state index in [9.17, 15) is 9.90 Å². The van der Waals surface area contributed by atoms with Crippen molar-refractivity contribution in [1.82, 2.24) is 4.90 Å². The number of likely N-dealkylation sites (tertiary alicyclic amines) is 1. The Kier molecular flexibility index (Phi) is 1.90. The molecule has 1 amide bonds. The van der Waals surface area contributed by atoms with Crippen molar-refractivity contribution in [3.05, 3.63) is 0 Å². The van der Waals surface area contributed by atoms with Crippen molar-refractivity contribution in [1.29, 1.82) is 0 Å². The molecular weight excluding hydrogens is 146 g/mol. The first-order valence-electron chi connectivity index (χ1n) is 3.52. The van der Waals surface area contributed by atoms with E-state index in [4.69, 9.17) is 4.74 Å². The first-order valence-corrected chi connectivity index (χ1v) is 3.52. The van der Waals surface area contributed by atoms with Crippen LogP contribution in [0.5, 0.6) is 0 Å². The largest absolute Gasteiger partial charge is 0.376 e. The molecule has 64 valence electrons. The van der Waals surface area contributed by atoms with Crippen LogP contribution < -0.4 is 0 Å². The van der Waals surface area contributed by atoms with Crippen LogP contribution in [0, 0.1) is 0 Å². The molecule has 1 N–H and O–H groups in total. The topological polar surface area (TPSA) is 49.8 Å². The molecule has 0 aromatic heterocycles. The van der Waals surface area contributed by atoms with Gasteiger partial charge in [-0.15, -0.1) is 0 Å². The highest BCUT2D eigenvalue weighted by Crippen LogP contribution is 2.27. The van der Waals surface area contributed by atoms with Gasteiger partial charge < -0.3 is 14.7 Å². The molecule has 1 heterocycles. The number of ether oxygens (including phenoxy) is 1. The van der Waals surface area contributed by atoms with E-state index in [0.717, 1.165) is 0 Å². The Morgan fingerprint density at radius 3 is 2.55 bits per heavy atom. The van der Waals surface area contributed by atoms with E-state index < -0.39 is 11.8 Å². The fourth-order valence-electron chi connectivity index (χ4n) is 1.26. The predicted octanol–water partition coefficient (Wildman–Crippen LogP) is -0.428. The third kappa shape index (κ3) is 1.12. The van der Waals surface area contributed by atoms with Crippen LogP contribution in [0.15, 0.2) is 0 Å². The number of likely N-dealkylation sites (N-methyl/N-ethyl adjacent to an activating group) is 1. The fraction of sp³-hybridized carbons (Fsp3) is 0.857. The van der Waals surface area contributed by atoms with Gasteiger partial charge >= 0.3 is 0 Å². The zero-order valence-electron chi connectivity index (χ0n) is 7.00. The quantitative estimate of drug-likeness (QED) is 0.565. The number of amides is 1. The smallest absolute Gasteiger partial charge is 0.227 e. The summed E-state index contributed by atoms with van der Waals surface area (Å²) in [5.74, 6) is -0.0816. The lowest BCUT2D eigenvalue weighted by Gasteiger charge is -2.30. The van der Waals surface area contributed by atoms with Crippen LogP contribution in [0.2, 0.25) is 0 Å². The minimum atomic E-state index is -1.15. The Bertz CT molecular complexity index is 179. The molecule has 0 aliphatic carbocycles. The molecule has 1 fully saturated rings. The van der Waals surface area contributed by atoms with Crippen molar-refractivity contribution < 1.29 is 14.6 Å². The van der Waals surface area contributed by atoms with Crippen LogP contribution in [-0.4, -0.2) is 41.9 Å². The first-order chi connectivity index (χ1) is 5.00. The maximum absolute atomic E-state index is 11.0. The second-order valence-corrected chi connectivity index (χ2v) is 2.98. The lowest BCUT2D eigenvalue weighted by Crippen LogP contribution is -2.47. The molecule has 0 spiro atoms. The van der Waals surface area contributed by atoms with E-state index in [1.165, 1.54) is 12.0 Å². The van der Waals surface area contributed by atoms with E-state index in [0.29, 0.717) is 0 Å². The molecule has 1 rings (SSSR count). The SMILES string of the molecule is CO[C@H]1CC(=O)N(C)[C@]1(C)O. The average Bonchev–Trinajstić information content (AvgIpc) is 2.13. The summed E-state index contributed by atoms with van der Waals surface area (Å²) < 4.78 is 4.95. The Hall–Kier alpha value is -0.610. The van der Waals surface area contributed by atoms with Gasteiger partial charge in [-0.1, -0.05) is 0 Å². The Morgan fingerprint density at radius 2 is 2.36 bits per heavy atom. The molecule has 4 nitrogen and oxygen atoms in total.